The Bertz CT molecular complexity index is 430. The second-order valence-electron chi connectivity index (χ2n) is 4.47. The number of aromatic nitrogens is 3. The van der Waals surface area contributed by atoms with Crippen LogP contribution in [-0.4, -0.2) is 20.5 Å². The van der Waals surface area contributed by atoms with E-state index >= 15 is 0 Å². The molecular formula is C11H17N5S. The van der Waals surface area contributed by atoms with Crippen molar-refractivity contribution >= 4 is 11.8 Å². The highest BCUT2D eigenvalue weighted by Gasteiger charge is 2.42. The summed E-state index contributed by atoms with van der Waals surface area (Å²) in [6, 6.07) is 2.28. The van der Waals surface area contributed by atoms with E-state index in [1.54, 1.807) is 11.8 Å². The summed E-state index contributed by atoms with van der Waals surface area (Å²) < 4.78 is 2.05. The van der Waals surface area contributed by atoms with E-state index in [1.807, 2.05) is 4.57 Å². The van der Waals surface area contributed by atoms with Crippen molar-refractivity contribution in [1.82, 2.24) is 14.8 Å². The SMILES string of the molecule is CCn1c(CN)nnc1SCC1(CC#N)CC1. The lowest BCUT2D eigenvalue weighted by molar-refractivity contribution is 0.598. The van der Waals surface area contributed by atoms with E-state index in [4.69, 9.17) is 11.0 Å². The highest BCUT2D eigenvalue weighted by molar-refractivity contribution is 7.99. The summed E-state index contributed by atoms with van der Waals surface area (Å²) in [6.07, 6.45) is 2.99. The molecule has 1 aliphatic rings. The maximum absolute atomic E-state index is 8.77. The van der Waals surface area contributed by atoms with E-state index in [9.17, 15) is 0 Å². The molecule has 0 spiro atoms. The zero-order valence-corrected chi connectivity index (χ0v) is 10.8. The minimum atomic E-state index is 0.243. The monoisotopic (exact) mass is 251 g/mol. The quantitative estimate of drug-likeness (QED) is 0.776. The van der Waals surface area contributed by atoms with Gasteiger partial charge in [0.15, 0.2) is 5.16 Å². The second-order valence-corrected chi connectivity index (χ2v) is 5.41. The van der Waals surface area contributed by atoms with Crippen LogP contribution in [0.25, 0.3) is 0 Å². The average Bonchev–Trinajstić information content (AvgIpc) is 2.98. The number of nitrogens with two attached hydrogens (primary N) is 1. The zero-order valence-electron chi connectivity index (χ0n) is 10.0. The van der Waals surface area contributed by atoms with Crippen molar-refractivity contribution in [2.45, 2.75) is 44.4 Å². The lowest BCUT2D eigenvalue weighted by Gasteiger charge is -2.10. The fourth-order valence-electron chi connectivity index (χ4n) is 1.83. The molecule has 0 bridgehead atoms. The molecule has 0 aliphatic heterocycles. The fourth-order valence-corrected chi connectivity index (χ4v) is 3.14. The fraction of sp³-hybridized carbons (Fsp3) is 0.727. The Labute approximate surface area is 105 Å². The first-order valence-corrected chi connectivity index (χ1v) is 6.85. The first kappa shape index (κ1) is 12.4. The van der Waals surface area contributed by atoms with Gasteiger partial charge in [0.05, 0.1) is 12.6 Å². The van der Waals surface area contributed by atoms with Crippen molar-refractivity contribution in [3.8, 4) is 6.07 Å². The molecule has 2 rings (SSSR count). The Morgan fingerprint density at radius 1 is 1.53 bits per heavy atom. The van der Waals surface area contributed by atoms with Crippen molar-refractivity contribution in [3.05, 3.63) is 5.82 Å². The summed E-state index contributed by atoms with van der Waals surface area (Å²) in [6.45, 7) is 3.33. The summed E-state index contributed by atoms with van der Waals surface area (Å²) in [4.78, 5) is 0. The van der Waals surface area contributed by atoms with Gasteiger partial charge in [-0.2, -0.15) is 5.26 Å². The van der Waals surface area contributed by atoms with Gasteiger partial charge in [-0.05, 0) is 25.2 Å². The molecule has 0 radical (unpaired) electrons. The van der Waals surface area contributed by atoms with Crippen LogP contribution >= 0.6 is 11.8 Å². The van der Waals surface area contributed by atoms with Gasteiger partial charge in [-0.15, -0.1) is 10.2 Å². The van der Waals surface area contributed by atoms with Crippen LogP contribution in [-0.2, 0) is 13.1 Å². The predicted molar refractivity (Wildman–Crippen MR) is 66.2 cm³/mol. The molecule has 1 fully saturated rings. The number of nitrogens with zero attached hydrogens (tertiary/aromatic N) is 4. The summed E-state index contributed by atoms with van der Waals surface area (Å²) >= 11 is 1.70. The van der Waals surface area contributed by atoms with Gasteiger partial charge in [0, 0.05) is 18.7 Å². The van der Waals surface area contributed by atoms with Crippen molar-refractivity contribution in [2.24, 2.45) is 11.1 Å². The standard InChI is InChI=1S/C11H17N5S/c1-2-16-9(7-13)14-15-10(16)17-8-11(3-4-11)5-6-12/h2-5,7-8,13H2,1H3. The third-order valence-electron chi connectivity index (χ3n) is 3.21. The largest absolute Gasteiger partial charge is 0.324 e. The molecule has 1 saturated carbocycles. The molecule has 6 heteroatoms. The molecule has 5 nitrogen and oxygen atoms in total. The van der Waals surface area contributed by atoms with Crippen LogP contribution in [0, 0.1) is 16.7 Å². The minimum absolute atomic E-state index is 0.243. The second kappa shape index (κ2) is 5.07. The predicted octanol–water partition coefficient (Wildman–Crippen LogP) is 1.54. The molecule has 2 N–H and O–H groups in total. The molecule has 1 aromatic rings. The maximum atomic E-state index is 8.77. The molecule has 0 saturated heterocycles. The summed E-state index contributed by atoms with van der Waals surface area (Å²) in [5.74, 6) is 1.80. The Kier molecular flexibility index (Phi) is 3.69. The highest BCUT2D eigenvalue weighted by Crippen LogP contribution is 2.51. The smallest absolute Gasteiger partial charge is 0.191 e. The van der Waals surface area contributed by atoms with Gasteiger partial charge in [0.25, 0.3) is 0 Å². The van der Waals surface area contributed by atoms with Crippen molar-refractivity contribution < 1.29 is 0 Å². The zero-order chi connectivity index (χ0) is 12.3. The Morgan fingerprint density at radius 3 is 2.82 bits per heavy atom. The van der Waals surface area contributed by atoms with Gasteiger partial charge in [0.1, 0.15) is 5.82 Å². The Morgan fingerprint density at radius 2 is 2.29 bits per heavy atom. The molecule has 0 unspecified atom stereocenters. The van der Waals surface area contributed by atoms with E-state index in [1.165, 1.54) is 0 Å². The van der Waals surface area contributed by atoms with E-state index in [0.29, 0.717) is 13.0 Å². The lowest BCUT2D eigenvalue weighted by Crippen LogP contribution is -2.09. The van der Waals surface area contributed by atoms with Gasteiger partial charge in [-0.1, -0.05) is 11.8 Å². The maximum Gasteiger partial charge on any atom is 0.191 e. The number of hydrogen-bond donors (Lipinski definition) is 1. The van der Waals surface area contributed by atoms with Crippen LogP contribution < -0.4 is 5.73 Å². The first-order valence-electron chi connectivity index (χ1n) is 5.86. The molecule has 17 heavy (non-hydrogen) atoms. The molecule has 1 heterocycles. The third-order valence-corrected chi connectivity index (χ3v) is 4.53. The van der Waals surface area contributed by atoms with Crippen LogP contribution in [0.2, 0.25) is 0 Å². The van der Waals surface area contributed by atoms with Crippen LogP contribution in [0.15, 0.2) is 5.16 Å². The first-order chi connectivity index (χ1) is 8.24. The van der Waals surface area contributed by atoms with E-state index in [-0.39, 0.29) is 5.41 Å². The Balaban J connectivity index is 2.00. The van der Waals surface area contributed by atoms with Crippen molar-refractivity contribution in [2.75, 3.05) is 5.75 Å². The molecule has 1 aliphatic carbocycles. The van der Waals surface area contributed by atoms with Crippen LogP contribution in [0.1, 0.15) is 32.0 Å². The number of thioether (sulfide) groups is 1. The van der Waals surface area contributed by atoms with Crippen molar-refractivity contribution in [3.63, 3.8) is 0 Å². The van der Waals surface area contributed by atoms with Gasteiger partial charge in [-0.25, -0.2) is 0 Å². The number of hydrogen-bond acceptors (Lipinski definition) is 5. The van der Waals surface area contributed by atoms with Crippen molar-refractivity contribution in [1.29, 1.82) is 5.26 Å². The highest BCUT2D eigenvalue weighted by atomic mass is 32.2. The summed E-state index contributed by atoms with van der Waals surface area (Å²) in [5.41, 5.74) is 5.85. The normalized spacial score (nSPS) is 16.8. The van der Waals surface area contributed by atoms with Crippen LogP contribution in [0.3, 0.4) is 0 Å². The van der Waals surface area contributed by atoms with E-state index in [2.05, 4.69) is 23.2 Å². The van der Waals surface area contributed by atoms with Gasteiger partial charge < -0.3 is 10.3 Å². The molecule has 0 aromatic carbocycles. The van der Waals surface area contributed by atoms with E-state index < -0.39 is 0 Å². The number of rotatable bonds is 6. The lowest BCUT2D eigenvalue weighted by atomic mass is 10.1. The average molecular weight is 251 g/mol. The molecule has 0 amide bonds. The van der Waals surface area contributed by atoms with Gasteiger partial charge in [-0.3, -0.25) is 0 Å². The van der Waals surface area contributed by atoms with E-state index in [0.717, 1.165) is 36.1 Å². The topological polar surface area (TPSA) is 80.5 Å². The molecule has 0 atom stereocenters. The summed E-state index contributed by atoms with van der Waals surface area (Å²) in [7, 11) is 0. The van der Waals surface area contributed by atoms with Crippen LogP contribution in [0.5, 0.6) is 0 Å². The van der Waals surface area contributed by atoms with Gasteiger partial charge in [0.2, 0.25) is 0 Å². The number of nitriles is 1. The molecular weight excluding hydrogens is 234 g/mol. The third kappa shape index (κ3) is 2.61. The van der Waals surface area contributed by atoms with Gasteiger partial charge >= 0.3 is 0 Å². The minimum Gasteiger partial charge on any atom is -0.324 e. The molecule has 92 valence electrons. The van der Waals surface area contributed by atoms with Crippen LogP contribution in [0.4, 0.5) is 0 Å². The Hall–Kier alpha value is -1.06. The molecule has 1 aromatic heterocycles. The summed E-state index contributed by atoms with van der Waals surface area (Å²) in [5, 5.41) is 17.9.